The van der Waals surface area contributed by atoms with Crippen LogP contribution >= 0.6 is 39.1 Å². The van der Waals surface area contributed by atoms with E-state index in [1.165, 1.54) is 4.90 Å². The third kappa shape index (κ3) is 2.59. The molecule has 2 aromatic carbocycles. The molecule has 1 aliphatic heterocycles. The van der Waals surface area contributed by atoms with Gasteiger partial charge in [0.2, 0.25) is 0 Å². The third-order valence-electron chi connectivity index (χ3n) is 3.26. The van der Waals surface area contributed by atoms with Crippen molar-refractivity contribution >= 4 is 56.5 Å². The van der Waals surface area contributed by atoms with E-state index in [4.69, 9.17) is 23.2 Å². The number of hydrogen-bond acceptors (Lipinski definition) is 2. The summed E-state index contributed by atoms with van der Waals surface area (Å²) in [5.41, 5.74) is 1.83. The predicted octanol–water partition coefficient (Wildman–Crippen LogP) is 4.49. The minimum atomic E-state index is -0.533. The van der Waals surface area contributed by atoms with Crippen molar-refractivity contribution in [1.29, 1.82) is 0 Å². The Hall–Kier alpha value is -1.36. The predicted molar refractivity (Wildman–Crippen MR) is 86.1 cm³/mol. The molecule has 0 aliphatic carbocycles. The molecule has 0 N–H and O–H groups in total. The fraction of sp³-hybridized carbons (Fsp3) is 0.0667. The summed E-state index contributed by atoms with van der Waals surface area (Å²) in [7, 11) is 0. The number of anilines is 1. The van der Waals surface area contributed by atoms with Gasteiger partial charge >= 0.3 is 0 Å². The first kappa shape index (κ1) is 14.6. The summed E-state index contributed by atoms with van der Waals surface area (Å²) in [5, 5.41) is 0.869. The average Bonchev–Trinajstić information content (AvgIpc) is 2.68. The molecule has 2 aromatic rings. The lowest BCUT2D eigenvalue weighted by molar-refractivity contribution is -0.114. The number of carbonyl (C=O) groups excluding carboxylic acids is 2. The van der Waals surface area contributed by atoms with Crippen molar-refractivity contribution in [1.82, 2.24) is 0 Å². The van der Waals surface area contributed by atoms with Crippen molar-refractivity contribution in [2.75, 3.05) is 4.90 Å². The standard InChI is InChI=1S/C15H8BrCl2NO2/c16-9-2-3-10-13(6-9)19(15(21)14(10)20)7-8-1-4-11(17)12(18)5-8/h1-6H,7H2. The Morgan fingerprint density at radius 3 is 2.48 bits per heavy atom. The van der Waals surface area contributed by atoms with Crippen LogP contribution in [0.3, 0.4) is 0 Å². The normalized spacial score (nSPS) is 13.8. The van der Waals surface area contributed by atoms with Crippen LogP contribution in [0.2, 0.25) is 10.0 Å². The highest BCUT2D eigenvalue weighted by atomic mass is 79.9. The molecule has 0 spiro atoms. The number of hydrogen-bond donors (Lipinski definition) is 0. The molecule has 0 aromatic heterocycles. The molecule has 3 nitrogen and oxygen atoms in total. The zero-order valence-corrected chi connectivity index (χ0v) is 13.7. The molecule has 1 amide bonds. The molecule has 106 valence electrons. The molecule has 3 rings (SSSR count). The molecule has 21 heavy (non-hydrogen) atoms. The van der Waals surface area contributed by atoms with Crippen LogP contribution in [0.15, 0.2) is 40.9 Å². The lowest BCUT2D eigenvalue weighted by Gasteiger charge is -2.17. The summed E-state index contributed by atoms with van der Waals surface area (Å²) in [6.45, 7) is 0.269. The Morgan fingerprint density at radius 1 is 1.00 bits per heavy atom. The van der Waals surface area contributed by atoms with Gasteiger partial charge < -0.3 is 4.90 Å². The summed E-state index contributed by atoms with van der Waals surface area (Å²) in [6, 6.07) is 10.3. The van der Waals surface area contributed by atoms with Gasteiger partial charge in [0.05, 0.1) is 27.8 Å². The summed E-state index contributed by atoms with van der Waals surface area (Å²) in [6.07, 6.45) is 0. The summed E-state index contributed by atoms with van der Waals surface area (Å²) in [5.74, 6) is -1.02. The SMILES string of the molecule is O=C1C(=O)N(Cc2ccc(Cl)c(Cl)c2)c2cc(Br)ccc21. The van der Waals surface area contributed by atoms with Crippen molar-refractivity contribution in [3.8, 4) is 0 Å². The highest BCUT2D eigenvalue weighted by Gasteiger charge is 2.35. The van der Waals surface area contributed by atoms with Crippen LogP contribution in [-0.2, 0) is 11.3 Å². The number of ketones is 1. The zero-order chi connectivity index (χ0) is 15.1. The van der Waals surface area contributed by atoms with Crippen LogP contribution in [0.25, 0.3) is 0 Å². The van der Waals surface area contributed by atoms with Crippen LogP contribution in [0.5, 0.6) is 0 Å². The van der Waals surface area contributed by atoms with Crippen LogP contribution in [0.1, 0.15) is 15.9 Å². The molecule has 0 saturated carbocycles. The second kappa shape index (κ2) is 5.44. The van der Waals surface area contributed by atoms with Crippen LogP contribution in [0, 0.1) is 0 Å². The van der Waals surface area contributed by atoms with E-state index in [1.807, 2.05) is 0 Å². The zero-order valence-electron chi connectivity index (χ0n) is 10.6. The van der Waals surface area contributed by atoms with Gasteiger partial charge in [-0.3, -0.25) is 9.59 Å². The van der Waals surface area contributed by atoms with Crippen molar-refractivity contribution in [3.63, 3.8) is 0 Å². The number of nitrogens with zero attached hydrogens (tertiary/aromatic N) is 1. The van der Waals surface area contributed by atoms with Gasteiger partial charge in [0.15, 0.2) is 0 Å². The first-order chi connectivity index (χ1) is 9.97. The monoisotopic (exact) mass is 383 g/mol. The molecular weight excluding hydrogens is 377 g/mol. The van der Waals surface area contributed by atoms with Gasteiger partial charge in [0, 0.05) is 4.47 Å². The number of rotatable bonds is 2. The highest BCUT2D eigenvalue weighted by molar-refractivity contribution is 9.10. The molecule has 0 unspecified atom stereocenters. The number of halogens is 3. The fourth-order valence-electron chi connectivity index (χ4n) is 2.24. The topological polar surface area (TPSA) is 37.4 Å². The summed E-state index contributed by atoms with van der Waals surface area (Å²) >= 11 is 15.2. The minimum Gasteiger partial charge on any atom is -0.300 e. The Balaban J connectivity index is 1.99. The van der Waals surface area contributed by atoms with Crippen molar-refractivity contribution in [3.05, 3.63) is 62.0 Å². The van der Waals surface area contributed by atoms with Gasteiger partial charge in [-0.2, -0.15) is 0 Å². The maximum Gasteiger partial charge on any atom is 0.299 e. The third-order valence-corrected chi connectivity index (χ3v) is 4.49. The van der Waals surface area contributed by atoms with E-state index in [0.717, 1.165) is 10.0 Å². The Morgan fingerprint density at radius 2 is 1.76 bits per heavy atom. The maximum absolute atomic E-state index is 12.1. The number of Topliss-reactive ketones (excluding diaryl/α,β-unsaturated/α-hetero) is 1. The lowest BCUT2D eigenvalue weighted by Crippen LogP contribution is -2.29. The van der Waals surface area contributed by atoms with Crippen LogP contribution in [-0.4, -0.2) is 11.7 Å². The first-order valence-corrected chi connectivity index (χ1v) is 7.62. The Bertz CT molecular complexity index is 776. The van der Waals surface area contributed by atoms with Crippen LogP contribution in [0.4, 0.5) is 5.69 Å². The molecular formula is C15H8BrCl2NO2. The Labute approximate surface area is 139 Å². The molecule has 0 radical (unpaired) electrons. The molecule has 0 fully saturated rings. The molecule has 1 aliphatic rings. The largest absolute Gasteiger partial charge is 0.300 e. The molecule has 1 heterocycles. The van der Waals surface area contributed by atoms with E-state index in [2.05, 4.69) is 15.9 Å². The van der Waals surface area contributed by atoms with Gasteiger partial charge in [-0.15, -0.1) is 0 Å². The second-order valence-corrected chi connectivity index (χ2v) is 6.36. The number of fused-ring (bicyclic) bond motifs is 1. The van der Waals surface area contributed by atoms with Gasteiger partial charge in [0.1, 0.15) is 0 Å². The van der Waals surface area contributed by atoms with Crippen molar-refractivity contribution in [2.24, 2.45) is 0 Å². The van der Waals surface area contributed by atoms with E-state index in [-0.39, 0.29) is 6.54 Å². The maximum atomic E-state index is 12.1. The number of benzene rings is 2. The Kier molecular flexibility index (Phi) is 3.78. The average molecular weight is 385 g/mol. The van der Waals surface area contributed by atoms with E-state index < -0.39 is 11.7 Å². The smallest absolute Gasteiger partial charge is 0.299 e. The van der Waals surface area contributed by atoms with Gasteiger partial charge in [-0.05, 0) is 35.9 Å². The second-order valence-electron chi connectivity index (χ2n) is 4.63. The van der Waals surface area contributed by atoms with E-state index in [1.54, 1.807) is 36.4 Å². The van der Waals surface area contributed by atoms with Gasteiger partial charge in [0.25, 0.3) is 11.7 Å². The quantitative estimate of drug-likeness (QED) is 0.715. The molecule has 0 atom stereocenters. The lowest BCUT2D eigenvalue weighted by atomic mass is 10.1. The van der Waals surface area contributed by atoms with Crippen LogP contribution < -0.4 is 4.90 Å². The van der Waals surface area contributed by atoms with E-state index in [0.29, 0.717) is 21.3 Å². The van der Waals surface area contributed by atoms with Gasteiger partial charge in [-0.1, -0.05) is 45.2 Å². The van der Waals surface area contributed by atoms with Crippen molar-refractivity contribution < 1.29 is 9.59 Å². The number of carbonyl (C=O) groups is 2. The van der Waals surface area contributed by atoms with Gasteiger partial charge in [-0.25, -0.2) is 0 Å². The molecule has 6 heteroatoms. The summed E-state index contributed by atoms with van der Waals surface area (Å²) in [4.78, 5) is 25.6. The first-order valence-electron chi connectivity index (χ1n) is 6.07. The fourth-order valence-corrected chi connectivity index (χ4v) is 2.91. The minimum absolute atomic E-state index is 0.269. The highest BCUT2D eigenvalue weighted by Crippen LogP contribution is 2.33. The van der Waals surface area contributed by atoms with E-state index >= 15 is 0 Å². The molecule has 0 saturated heterocycles. The number of amides is 1. The molecule has 0 bridgehead atoms. The van der Waals surface area contributed by atoms with Crippen molar-refractivity contribution in [2.45, 2.75) is 6.54 Å². The van der Waals surface area contributed by atoms with E-state index in [9.17, 15) is 9.59 Å². The summed E-state index contributed by atoms with van der Waals surface area (Å²) < 4.78 is 0.808.